The largest absolute Gasteiger partial charge is 0.390 e. The van der Waals surface area contributed by atoms with Crippen LogP contribution in [0.25, 0.3) is 21.9 Å². The van der Waals surface area contributed by atoms with Crippen LogP contribution in [-0.4, -0.2) is 25.7 Å². The lowest BCUT2D eigenvalue weighted by Crippen LogP contribution is -2.08. The Labute approximate surface area is 181 Å². The molecule has 0 bridgehead atoms. The van der Waals surface area contributed by atoms with E-state index in [1.807, 2.05) is 37.5 Å². The second-order valence-corrected chi connectivity index (χ2v) is 8.31. The summed E-state index contributed by atoms with van der Waals surface area (Å²) in [7, 11) is 1.82. The number of aliphatic hydroxyl groups is 1. The molecule has 0 fully saturated rings. The molecule has 0 spiro atoms. The number of aryl methyl sites for hydroxylation is 3. The maximum Gasteiger partial charge on any atom is 0.168 e. The maximum atomic E-state index is 12.9. The van der Waals surface area contributed by atoms with Gasteiger partial charge in [-0.05, 0) is 66.0 Å². The molecule has 5 rings (SSSR count). The van der Waals surface area contributed by atoms with Gasteiger partial charge in [0, 0.05) is 35.5 Å². The SMILES string of the molecule is Cn1ncc(-c2ccc3cnc(CC(=O)c4ccc5c(c4)CCCC5)cc3c2)c1CO. The van der Waals surface area contributed by atoms with E-state index < -0.39 is 0 Å². The topological polar surface area (TPSA) is 68.0 Å². The van der Waals surface area contributed by atoms with Gasteiger partial charge in [-0.25, -0.2) is 0 Å². The minimum absolute atomic E-state index is 0.0687. The van der Waals surface area contributed by atoms with Crippen LogP contribution in [0.4, 0.5) is 0 Å². The van der Waals surface area contributed by atoms with Crippen molar-refractivity contribution in [3.05, 3.63) is 82.9 Å². The molecular weight excluding hydrogens is 386 g/mol. The predicted octanol–water partition coefficient (Wildman–Crippen LogP) is 4.43. The molecular formula is C26H25N3O2. The highest BCUT2D eigenvalue weighted by molar-refractivity contribution is 5.98. The summed E-state index contributed by atoms with van der Waals surface area (Å²) in [5.74, 6) is 0.103. The minimum atomic E-state index is -0.0687. The number of fused-ring (bicyclic) bond motifs is 2. The van der Waals surface area contributed by atoms with Gasteiger partial charge >= 0.3 is 0 Å². The van der Waals surface area contributed by atoms with Crippen molar-refractivity contribution in [2.45, 2.75) is 38.7 Å². The van der Waals surface area contributed by atoms with Crippen LogP contribution in [0.3, 0.4) is 0 Å². The molecule has 0 amide bonds. The highest BCUT2D eigenvalue weighted by Gasteiger charge is 2.15. The van der Waals surface area contributed by atoms with Crippen molar-refractivity contribution >= 4 is 16.6 Å². The van der Waals surface area contributed by atoms with E-state index in [0.717, 1.165) is 51.7 Å². The number of benzene rings is 2. The van der Waals surface area contributed by atoms with Crippen LogP contribution in [0, 0.1) is 0 Å². The molecule has 2 aromatic carbocycles. The normalized spacial score (nSPS) is 13.4. The van der Waals surface area contributed by atoms with Gasteiger partial charge in [0.15, 0.2) is 5.78 Å². The summed E-state index contributed by atoms with van der Waals surface area (Å²) < 4.78 is 1.69. The summed E-state index contributed by atoms with van der Waals surface area (Å²) in [4.78, 5) is 17.5. The summed E-state index contributed by atoms with van der Waals surface area (Å²) in [6.07, 6.45) is 8.51. The molecule has 156 valence electrons. The van der Waals surface area contributed by atoms with E-state index in [-0.39, 0.29) is 18.8 Å². The molecule has 2 aromatic heterocycles. The highest BCUT2D eigenvalue weighted by atomic mass is 16.3. The zero-order valence-electron chi connectivity index (χ0n) is 17.6. The molecule has 5 heteroatoms. The molecule has 31 heavy (non-hydrogen) atoms. The van der Waals surface area contributed by atoms with E-state index in [2.05, 4.69) is 28.3 Å². The number of hydrogen-bond donors (Lipinski definition) is 1. The average Bonchev–Trinajstić information content (AvgIpc) is 3.18. The Hall–Kier alpha value is -3.31. The Bertz CT molecular complexity index is 1290. The van der Waals surface area contributed by atoms with Gasteiger partial charge in [-0.1, -0.05) is 24.3 Å². The Morgan fingerprint density at radius 2 is 1.84 bits per heavy atom. The lowest BCUT2D eigenvalue weighted by Gasteiger charge is -2.16. The van der Waals surface area contributed by atoms with Crippen molar-refractivity contribution in [2.75, 3.05) is 0 Å². The van der Waals surface area contributed by atoms with E-state index in [9.17, 15) is 9.90 Å². The average molecular weight is 412 g/mol. The molecule has 0 aliphatic heterocycles. The third-order valence-electron chi connectivity index (χ3n) is 6.31. The molecule has 2 heterocycles. The van der Waals surface area contributed by atoms with Gasteiger partial charge in [-0.15, -0.1) is 0 Å². The number of aromatic nitrogens is 3. The van der Waals surface area contributed by atoms with Crippen LogP contribution < -0.4 is 0 Å². The van der Waals surface area contributed by atoms with Gasteiger partial charge in [0.1, 0.15) is 0 Å². The van der Waals surface area contributed by atoms with Crippen molar-refractivity contribution in [2.24, 2.45) is 7.05 Å². The number of carbonyl (C=O) groups is 1. The third-order valence-corrected chi connectivity index (χ3v) is 6.31. The van der Waals surface area contributed by atoms with Gasteiger partial charge in [0.2, 0.25) is 0 Å². The number of aliphatic hydroxyl groups excluding tert-OH is 1. The van der Waals surface area contributed by atoms with E-state index >= 15 is 0 Å². The highest BCUT2D eigenvalue weighted by Crippen LogP contribution is 2.28. The summed E-state index contributed by atoms with van der Waals surface area (Å²) in [6.45, 7) is -0.0687. The fourth-order valence-corrected chi connectivity index (χ4v) is 4.52. The van der Waals surface area contributed by atoms with E-state index in [1.165, 1.54) is 24.0 Å². The Balaban J connectivity index is 1.43. The molecule has 1 aliphatic carbocycles. The van der Waals surface area contributed by atoms with Crippen LogP contribution in [0.15, 0.2) is 54.9 Å². The molecule has 5 nitrogen and oxygen atoms in total. The first-order valence-electron chi connectivity index (χ1n) is 10.8. The van der Waals surface area contributed by atoms with Crippen molar-refractivity contribution in [3.8, 4) is 11.1 Å². The van der Waals surface area contributed by atoms with E-state index in [1.54, 1.807) is 10.9 Å². The fraction of sp³-hybridized carbons (Fsp3) is 0.269. The Morgan fingerprint density at radius 1 is 1.00 bits per heavy atom. The molecule has 0 unspecified atom stereocenters. The maximum absolute atomic E-state index is 12.9. The number of ketones is 1. The summed E-state index contributed by atoms with van der Waals surface area (Å²) in [5, 5.41) is 16.0. The van der Waals surface area contributed by atoms with Crippen LogP contribution in [0.2, 0.25) is 0 Å². The number of carbonyl (C=O) groups excluding carboxylic acids is 1. The zero-order valence-corrected chi connectivity index (χ0v) is 17.6. The van der Waals surface area contributed by atoms with Crippen molar-refractivity contribution in [3.63, 3.8) is 0 Å². The molecule has 0 radical (unpaired) electrons. The second kappa shape index (κ2) is 8.08. The second-order valence-electron chi connectivity index (χ2n) is 8.31. The van der Waals surface area contributed by atoms with Gasteiger partial charge in [0.05, 0.1) is 24.9 Å². The Morgan fingerprint density at radius 3 is 2.68 bits per heavy atom. The van der Waals surface area contributed by atoms with Crippen LogP contribution in [-0.2, 0) is 32.9 Å². The molecule has 1 aliphatic rings. The summed E-state index contributed by atoms with van der Waals surface area (Å²) in [5.41, 5.74) is 6.93. The summed E-state index contributed by atoms with van der Waals surface area (Å²) in [6, 6.07) is 14.2. The quantitative estimate of drug-likeness (QED) is 0.493. The monoisotopic (exact) mass is 411 g/mol. The number of rotatable bonds is 5. The zero-order chi connectivity index (χ0) is 21.4. The van der Waals surface area contributed by atoms with E-state index in [4.69, 9.17) is 0 Å². The number of nitrogens with zero attached hydrogens (tertiary/aromatic N) is 3. The van der Waals surface area contributed by atoms with Crippen LogP contribution >= 0.6 is 0 Å². The Kier molecular flexibility index (Phi) is 5.12. The number of Topliss-reactive ketones (excluding diaryl/α,β-unsaturated/α-hetero) is 1. The van der Waals surface area contributed by atoms with Gasteiger partial charge < -0.3 is 5.11 Å². The third kappa shape index (κ3) is 3.77. The fourth-order valence-electron chi connectivity index (χ4n) is 4.52. The summed E-state index contributed by atoms with van der Waals surface area (Å²) >= 11 is 0. The van der Waals surface area contributed by atoms with E-state index in [0.29, 0.717) is 0 Å². The van der Waals surface area contributed by atoms with Crippen molar-refractivity contribution in [1.82, 2.24) is 14.8 Å². The molecule has 1 N–H and O–H groups in total. The molecule has 4 aromatic rings. The predicted molar refractivity (Wildman–Crippen MR) is 121 cm³/mol. The number of pyridine rings is 1. The van der Waals surface area contributed by atoms with Crippen molar-refractivity contribution in [1.29, 1.82) is 0 Å². The van der Waals surface area contributed by atoms with Crippen LogP contribution in [0.1, 0.15) is 45.7 Å². The standard InChI is InChI=1S/C26H25N3O2/c1-29-25(16-30)24(15-28-29)19-7-9-21-14-27-23(12-22(21)11-19)13-26(31)20-8-6-17-4-2-3-5-18(17)10-20/h6-12,14-15,30H,2-5,13,16H2,1H3. The molecule has 0 saturated carbocycles. The first-order valence-corrected chi connectivity index (χ1v) is 10.8. The minimum Gasteiger partial charge on any atom is -0.390 e. The first-order chi connectivity index (χ1) is 15.1. The molecule has 0 atom stereocenters. The lowest BCUT2D eigenvalue weighted by atomic mass is 9.89. The smallest absolute Gasteiger partial charge is 0.168 e. The van der Waals surface area contributed by atoms with Gasteiger partial charge in [-0.3, -0.25) is 14.5 Å². The molecule has 0 saturated heterocycles. The van der Waals surface area contributed by atoms with Crippen LogP contribution in [0.5, 0.6) is 0 Å². The first kappa shape index (κ1) is 19.6. The lowest BCUT2D eigenvalue weighted by molar-refractivity contribution is 0.0992. The van der Waals surface area contributed by atoms with Crippen molar-refractivity contribution < 1.29 is 9.90 Å². The van der Waals surface area contributed by atoms with Gasteiger partial charge in [-0.2, -0.15) is 5.10 Å². The number of hydrogen-bond acceptors (Lipinski definition) is 4. The van der Waals surface area contributed by atoms with Gasteiger partial charge in [0.25, 0.3) is 0 Å².